The molecule has 6 rings (SSSR count). The highest BCUT2D eigenvalue weighted by atomic mass is 35.5. The zero-order valence-electron chi connectivity index (χ0n) is 25.5. The number of nitrogen functional groups attached to an aromatic ring is 1. The molecule has 49 heavy (non-hydrogen) atoms. The number of hydrogen-bond donors (Lipinski definition) is 4. The third kappa shape index (κ3) is 6.10. The maximum absolute atomic E-state index is 14.5. The van der Waals surface area contributed by atoms with Crippen LogP contribution >= 0.6 is 19.3 Å². The lowest BCUT2D eigenvalue weighted by Crippen LogP contribution is -2.50. The van der Waals surface area contributed by atoms with E-state index in [1.807, 2.05) is 6.07 Å². The number of nitrogens with zero attached hydrogens (tertiary/aromatic N) is 4. The van der Waals surface area contributed by atoms with Gasteiger partial charge in [0.2, 0.25) is 0 Å². The summed E-state index contributed by atoms with van der Waals surface area (Å²) in [6.45, 7) is 0.962. The van der Waals surface area contributed by atoms with E-state index in [0.29, 0.717) is 5.02 Å². The Morgan fingerprint density at radius 1 is 1.24 bits per heavy atom. The molecule has 0 spiro atoms. The van der Waals surface area contributed by atoms with Gasteiger partial charge in [0.15, 0.2) is 6.23 Å². The van der Waals surface area contributed by atoms with Crippen LogP contribution in [0.3, 0.4) is 0 Å². The highest BCUT2D eigenvalue weighted by Gasteiger charge is 2.55. The third-order valence-corrected chi connectivity index (χ3v) is 10.3. The first-order valence-corrected chi connectivity index (χ1v) is 16.3. The van der Waals surface area contributed by atoms with Crippen LogP contribution in [0.2, 0.25) is 5.02 Å². The van der Waals surface area contributed by atoms with E-state index < -0.39 is 68.2 Å². The minimum atomic E-state index is -4.83. The molecule has 0 saturated carbocycles. The highest BCUT2D eigenvalue weighted by molar-refractivity contribution is 7.52. The van der Waals surface area contributed by atoms with Crippen molar-refractivity contribution in [3.63, 3.8) is 0 Å². The number of cyclic esters (lactones) is 1. The standard InChI is InChI=1S/C30H27ClF3N6O8P/c1-28(19-4-3-5-20(30(32,33)34)18(19)12-45-27(28)42)39-49(44,48-17-8-6-16(31)7-9-17)46-13-21-23(41)29(2,43)26(47-21)40-11-15(10-35)22-24(36)37-14-38-25(22)40/h3-9,11,14,21,23,26,41,43H,12-13H2,1-2H3,(H,39,44)(H2,36,37,38)/t21?,23-,26?,28?,29-,49?/m1/s1. The molecule has 0 bridgehead atoms. The fraction of sp³-hybridized carbons (Fsp3) is 0.333. The van der Waals surface area contributed by atoms with Gasteiger partial charge < -0.3 is 34.5 Å². The molecule has 14 nitrogen and oxygen atoms in total. The number of carbonyl (C=O) groups excluding carboxylic acids is 1. The number of rotatable bonds is 8. The molecule has 0 amide bonds. The minimum absolute atomic E-state index is 0.0107. The number of esters is 1. The largest absolute Gasteiger partial charge is 0.460 e. The molecule has 2 aromatic carbocycles. The van der Waals surface area contributed by atoms with Gasteiger partial charge in [-0.15, -0.1) is 0 Å². The Labute approximate surface area is 280 Å². The monoisotopic (exact) mass is 722 g/mol. The Morgan fingerprint density at radius 2 is 1.96 bits per heavy atom. The number of aromatic nitrogens is 3. The Kier molecular flexibility index (Phi) is 8.65. The van der Waals surface area contributed by atoms with Crippen LogP contribution in [0.4, 0.5) is 19.0 Å². The van der Waals surface area contributed by atoms with Crippen LogP contribution in [-0.4, -0.2) is 55.1 Å². The molecule has 19 heteroatoms. The number of benzene rings is 2. The summed E-state index contributed by atoms with van der Waals surface area (Å²) in [4.78, 5) is 21.2. The molecule has 6 atom stereocenters. The van der Waals surface area contributed by atoms with Crippen molar-refractivity contribution >= 4 is 42.2 Å². The number of hydrogen-bond acceptors (Lipinski definition) is 12. The molecular weight excluding hydrogens is 696 g/mol. The lowest BCUT2D eigenvalue weighted by Gasteiger charge is -2.37. The average Bonchev–Trinajstić information content (AvgIpc) is 3.52. The van der Waals surface area contributed by atoms with E-state index in [0.717, 1.165) is 25.4 Å². The Bertz CT molecular complexity index is 2040. The molecule has 1 saturated heterocycles. The molecule has 5 N–H and O–H groups in total. The number of nitrogens with two attached hydrogens (primary N) is 1. The first kappa shape index (κ1) is 34.6. The average molecular weight is 723 g/mol. The molecule has 2 aliphatic heterocycles. The SMILES string of the molecule is CC1(NP(=O)(OCC2OC(n3cc(C#N)c4c(N)ncnc43)[C@](C)(O)[C@@H]2O)Oc2ccc(Cl)cc2)C(=O)OCc2c(C(F)(F)F)cccc21. The van der Waals surface area contributed by atoms with Crippen LogP contribution in [0.25, 0.3) is 11.0 Å². The van der Waals surface area contributed by atoms with Gasteiger partial charge in [-0.25, -0.2) is 19.3 Å². The Balaban J connectivity index is 1.34. The van der Waals surface area contributed by atoms with Crippen molar-refractivity contribution in [2.75, 3.05) is 12.3 Å². The predicted molar refractivity (Wildman–Crippen MR) is 165 cm³/mol. The fourth-order valence-electron chi connectivity index (χ4n) is 5.89. The number of anilines is 1. The fourth-order valence-corrected chi connectivity index (χ4v) is 7.68. The summed E-state index contributed by atoms with van der Waals surface area (Å²) in [6, 6.07) is 10.6. The molecule has 0 aliphatic carbocycles. The summed E-state index contributed by atoms with van der Waals surface area (Å²) >= 11 is 5.97. The smallest absolute Gasteiger partial charge is 0.459 e. The van der Waals surface area contributed by atoms with Gasteiger partial charge >= 0.3 is 19.9 Å². The molecule has 4 aromatic rings. The van der Waals surface area contributed by atoms with E-state index in [2.05, 4.69) is 15.1 Å². The van der Waals surface area contributed by atoms with E-state index >= 15 is 0 Å². The zero-order valence-corrected chi connectivity index (χ0v) is 27.2. The predicted octanol–water partition coefficient (Wildman–Crippen LogP) is 4.33. The van der Waals surface area contributed by atoms with Crippen molar-refractivity contribution in [3.05, 3.63) is 82.3 Å². The van der Waals surface area contributed by atoms with Crippen molar-refractivity contribution in [1.29, 1.82) is 5.26 Å². The number of ether oxygens (including phenoxy) is 2. The number of nitrogens with one attached hydrogen (secondary N) is 1. The number of nitriles is 1. The van der Waals surface area contributed by atoms with E-state index in [1.54, 1.807) is 0 Å². The van der Waals surface area contributed by atoms with Crippen molar-refractivity contribution in [2.24, 2.45) is 0 Å². The summed E-state index contributed by atoms with van der Waals surface area (Å²) in [5.74, 6) is -1.16. The van der Waals surface area contributed by atoms with E-state index in [4.69, 9.17) is 35.9 Å². The van der Waals surface area contributed by atoms with Gasteiger partial charge in [-0.3, -0.25) is 4.52 Å². The maximum atomic E-state index is 14.5. The van der Waals surface area contributed by atoms with E-state index in [9.17, 15) is 38.0 Å². The third-order valence-electron chi connectivity index (χ3n) is 8.35. The van der Waals surface area contributed by atoms with E-state index in [-0.39, 0.29) is 39.3 Å². The molecule has 2 aliphatic rings. The van der Waals surface area contributed by atoms with Crippen molar-refractivity contribution in [2.45, 2.75) is 56.2 Å². The minimum Gasteiger partial charge on any atom is -0.459 e. The van der Waals surface area contributed by atoms with Gasteiger partial charge in [0.05, 0.1) is 23.1 Å². The second-order valence-corrected chi connectivity index (χ2v) is 13.8. The zero-order chi connectivity index (χ0) is 35.5. The summed E-state index contributed by atoms with van der Waals surface area (Å²) < 4.78 is 80.0. The molecule has 258 valence electrons. The Morgan fingerprint density at radius 3 is 2.63 bits per heavy atom. The van der Waals surface area contributed by atoms with Crippen LogP contribution < -0.4 is 15.3 Å². The molecule has 4 unspecified atom stereocenters. The van der Waals surface area contributed by atoms with Gasteiger partial charge in [-0.1, -0.05) is 23.7 Å². The van der Waals surface area contributed by atoms with Gasteiger partial charge in [0.25, 0.3) is 0 Å². The molecule has 1 fully saturated rings. The van der Waals surface area contributed by atoms with Crippen LogP contribution in [0.5, 0.6) is 5.75 Å². The normalized spacial score (nSPS) is 26.5. The summed E-state index contributed by atoms with van der Waals surface area (Å²) in [5.41, 5.74) is 0.267. The van der Waals surface area contributed by atoms with Gasteiger partial charge in [-0.05, 0) is 49.7 Å². The number of aliphatic hydroxyl groups is 2. The van der Waals surface area contributed by atoms with Crippen molar-refractivity contribution in [3.8, 4) is 11.8 Å². The first-order valence-electron chi connectivity index (χ1n) is 14.4. The second kappa shape index (κ2) is 12.3. The van der Waals surface area contributed by atoms with Crippen LogP contribution in [0.15, 0.2) is 55.0 Å². The molecular formula is C30H27ClF3N6O8P. The topological polar surface area (TPSA) is 204 Å². The first-order chi connectivity index (χ1) is 23.0. The molecule has 0 radical (unpaired) electrons. The van der Waals surface area contributed by atoms with E-state index in [1.165, 1.54) is 48.0 Å². The van der Waals surface area contributed by atoms with Crippen LogP contribution in [0.1, 0.15) is 42.3 Å². The van der Waals surface area contributed by atoms with Gasteiger partial charge in [0, 0.05) is 16.8 Å². The van der Waals surface area contributed by atoms with Crippen molar-refractivity contribution in [1.82, 2.24) is 19.6 Å². The summed E-state index contributed by atoms with van der Waals surface area (Å²) in [6.07, 6.45) is -6.88. The van der Waals surface area contributed by atoms with Crippen molar-refractivity contribution < 1.29 is 51.3 Å². The quantitative estimate of drug-likeness (QED) is 0.148. The highest BCUT2D eigenvalue weighted by Crippen LogP contribution is 2.52. The number of carbonyl (C=O) groups is 1. The lowest BCUT2D eigenvalue weighted by molar-refractivity contribution is -0.156. The maximum Gasteiger partial charge on any atom is 0.460 e. The number of alkyl halides is 3. The van der Waals surface area contributed by atoms with Gasteiger partial charge in [-0.2, -0.15) is 23.5 Å². The summed E-state index contributed by atoms with van der Waals surface area (Å²) in [5, 5.41) is 35.2. The second-order valence-electron chi connectivity index (χ2n) is 11.7. The number of halogens is 4. The Hall–Kier alpha value is -4.27. The van der Waals surface area contributed by atoms with Gasteiger partial charge in [0.1, 0.15) is 59.6 Å². The molecule has 2 aromatic heterocycles. The number of aliphatic hydroxyl groups excluding tert-OH is 1. The van der Waals surface area contributed by atoms with Crippen LogP contribution in [-0.2, 0) is 41.7 Å². The van der Waals surface area contributed by atoms with Crippen LogP contribution in [0, 0.1) is 11.3 Å². The lowest BCUT2D eigenvalue weighted by atomic mass is 9.85. The molecule has 4 heterocycles. The number of fused-ring (bicyclic) bond motifs is 2. The summed E-state index contributed by atoms with van der Waals surface area (Å²) in [7, 11) is -4.83.